The van der Waals surface area contributed by atoms with Gasteiger partial charge in [-0.3, -0.25) is 14.3 Å². The number of aromatic nitrogens is 3. The molecule has 2 fully saturated rings. The predicted molar refractivity (Wildman–Crippen MR) is 94.2 cm³/mol. The number of hydrogen-bond acceptors (Lipinski definition) is 5. The zero-order valence-corrected chi connectivity index (χ0v) is 15.1. The van der Waals surface area contributed by atoms with Crippen molar-refractivity contribution in [3.63, 3.8) is 0 Å². The Bertz CT molecular complexity index is 654. The van der Waals surface area contributed by atoms with Gasteiger partial charge in [-0.2, -0.15) is 5.10 Å². The minimum atomic E-state index is -0.0555. The van der Waals surface area contributed by atoms with Crippen LogP contribution < -0.4 is 0 Å². The maximum atomic E-state index is 11.8. The molecule has 1 aliphatic heterocycles. The second kappa shape index (κ2) is 7.61. The van der Waals surface area contributed by atoms with Gasteiger partial charge in [0.05, 0.1) is 19.2 Å². The van der Waals surface area contributed by atoms with Gasteiger partial charge in [-0.15, -0.1) is 6.58 Å². The first-order valence-corrected chi connectivity index (χ1v) is 9.22. The Kier molecular flexibility index (Phi) is 5.50. The molecule has 0 N–H and O–H groups in total. The van der Waals surface area contributed by atoms with Gasteiger partial charge in [0.15, 0.2) is 4.77 Å². The van der Waals surface area contributed by atoms with Crippen molar-refractivity contribution in [2.75, 3.05) is 19.7 Å². The van der Waals surface area contributed by atoms with Gasteiger partial charge in [0.25, 0.3) is 0 Å². The average Bonchev–Trinajstić information content (AvgIpc) is 3.38. The summed E-state index contributed by atoms with van der Waals surface area (Å²) >= 11 is 5.61. The monoisotopic (exact) mass is 350 g/mol. The molecule has 6 nitrogen and oxygen atoms in total. The molecule has 0 atom stereocenters. The van der Waals surface area contributed by atoms with Crippen LogP contribution in [-0.4, -0.2) is 44.9 Å². The minimum absolute atomic E-state index is 0.0366. The van der Waals surface area contributed by atoms with Gasteiger partial charge >= 0.3 is 5.97 Å². The number of rotatable bonds is 7. The molecule has 1 saturated heterocycles. The summed E-state index contributed by atoms with van der Waals surface area (Å²) in [7, 11) is 0. The third kappa shape index (κ3) is 3.78. The summed E-state index contributed by atoms with van der Waals surface area (Å²) in [6, 6.07) is 0. The van der Waals surface area contributed by atoms with Crippen LogP contribution in [0.15, 0.2) is 12.7 Å². The van der Waals surface area contributed by atoms with Crippen LogP contribution in [0.3, 0.4) is 0 Å². The van der Waals surface area contributed by atoms with Gasteiger partial charge in [0.2, 0.25) is 0 Å². The zero-order valence-electron chi connectivity index (χ0n) is 14.3. The van der Waals surface area contributed by atoms with Crippen LogP contribution in [0.1, 0.15) is 44.3 Å². The Hall–Kier alpha value is -1.47. The molecule has 1 aromatic heterocycles. The molecular formula is C17H26N4O2S. The molecule has 2 aliphatic rings. The summed E-state index contributed by atoms with van der Waals surface area (Å²) in [5, 5.41) is 4.76. The van der Waals surface area contributed by atoms with Gasteiger partial charge in [-0.05, 0) is 44.8 Å². The largest absolute Gasteiger partial charge is 0.466 e. The highest BCUT2D eigenvalue weighted by Gasteiger charge is 2.31. The highest BCUT2D eigenvalue weighted by Crippen LogP contribution is 2.39. The van der Waals surface area contributed by atoms with E-state index in [-0.39, 0.29) is 11.9 Å². The van der Waals surface area contributed by atoms with Crippen molar-refractivity contribution in [2.24, 2.45) is 5.92 Å². The van der Waals surface area contributed by atoms with E-state index in [1.165, 1.54) is 12.8 Å². The minimum Gasteiger partial charge on any atom is -0.466 e. The number of esters is 1. The molecule has 3 rings (SSSR count). The second-order valence-electron chi connectivity index (χ2n) is 6.60. The molecule has 0 radical (unpaired) electrons. The first-order chi connectivity index (χ1) is 11.6. The first kappa shape index (κ1) is 17.4. The summed E-state index contributed by atoms with van der Waals surface area (Å²) in [6.07, 6.45) is 5.96. The summed E-state index contributed by atoms with van der Waals surface area (Å²) in [4.78, 5) is 14.1. The lowest BCUT2D eigenvalue weighted by molar-refractivity contribution is -0.149. The van der Waals surface area contributed by atoms with Crippen molar-refractivity contribution in [3.05, 3.63) is 23.3 Å². The van der Waals surface area contributed by atoms with Gasteiger partial charge in [0, 0.05) is 25.6 Å². The summed E-state index contributed by atoms with van der Waals surface area (Å²) in [6.45, 7) is 9.29. The Morgan fingerprint density at radius 1 is 1.38 bits per heavy atom. The Morgan fingerprint density at radius 3 is 2.67 bits per heavy atom. The molecule has 1 saturated carbocycles. The van der Waals surface area contributed by atoms with Gasteiger partial charge < -0.3 is 4.74 Å². The van der Waals surface area contributed by atoms with Gasteiger partial charge in [-0.1, -0.05) is 6.08 Å². The predicted octanol–water partition coefficient (Wildman–Crippen LogP) is 2.71. The molecule has 1 aliphatic carbocycles. The molecule has 0 aromatic carbocycles. The number of carbonyl (C=O) groups excluding carboxylic acids is 1. The van der Waals surface area contributed by atoms with Crippen molar-refractivity contribution in [3.8, 4) is 0 Å². The van der Waals surface area contributed by atoms with Crippen LogP contribution in [0, 0.1) is 10.7 Å². The number of piperidine rings is 1. The number of likely N-dealkylation sites (tertiary alicyclic amines) is 1. The summed E-state index contributed by atoms with van der Waals surface area (Å²) in [5.74, 6) is 1.64. The van der Waals surface area contributed by atoms with Crippen LogP contribution in [-0.2, 0) is 22.7 Å². The van der Waals surface area contributed by atoms with Crippen LogP contribution in [0.2, 0.25) is 0 Å². The second-order valence-corrected chi connectivity index (χ2v) is 6.96. The van der Waals surface area contributed by atoms with E-state index in [1.807, 2.05) is 17.7 Å². The molecule has 0 amide bonds. The van der Waals surface area contributed by atoms with E-state index in [9.17, 15) is 4.79 Å². The molecule has 0 spiro atoms. The highest BCUT2D eigenvalue weighted by molar-refractivity contribution is 7.71. The van der Waals surface area contributed by atoms with E-state index in [0.29, 0.717) is 19.2 Å². The molecule has 0 unspecified atom stereocenters. The number of ether oxygens (including phenoxy) is 1. The lowest BCUT2D eigenvalue weighted by Crippen LogP contribution is -2.38. The number of allylic oxidation sites excluding steroid dienone is 1. The lowest BCUT2D eigenvalue weighted by Gasteiger charge is -2.30. The van der Waals surface area contributed by atoms with Crippen LogP contribution in [0.25, 0.3) is 0 Å². The zero-order chi connectivity index (χ0) is 17.1. The fraction of sp³-hybridized carbons (Fsp3) is 0.706. The topological polar surface area (TPSA) is 52.3 Å². The summed E-state index contributed by atoms with van der Waals surface area (Å²) < 4.78 is 9.93. The smallest absolute Gasteiger partial charge is 0.309 e. The van der Waals surface area contributed by atoms with Crippen molar-refractivity contribution in [2.45, 2.75) is 51.7 Å². The highest BCUT2D eigenvalue weighted by atomic mass is 32.1. The lowest BCUT2D eigenvalue weighted by atomic mass is 9.97. The van der Waals surface area contributed by atoms with E-state index in [2.05, 4.69) is 16.0 Å². The third-order valence-corrected chi connectivity index (χ3v) is 5.18. The van der Waals surface area contributed by atoms with Crippen molar-refractivity contribution in [1.29, 1.82) is 0 Å². The normalized spacial score (nSPS) is 19.4. The molecular weight excluding hydrogens is 324 g/mol. The van der Waals surface area contributed by atoms with Crippen molar-refractivity contribution < 1.29 is 9.53 Å². The van der Waals surface area contributed by atoms with Crippen molar-refractivity contribution in [1.82, 2.24) is 19.2 Å². The number of hydrogen-bond donors (Lipinski definition) is 0. The first-order valence-electron chi connectivity index (χ1n) is 8.81. The molecule has 24 heavy (non-hydrogen) atoms. The standard InChI is InChI=1S/C17H26N4O2S/c1-3-9-20-15(13-5-6-13)18-21(17(20)24)12-19-10-7-14(8-11-19)16(22)23-4-2/h3,13-14H,1,4-12H2,2H3. The Morgan fingerprint density at radius 2 is 2.08 bits per heavy atom. The fourth-order valence-corrected chi connectivity index (χ4v) is 3.52. The van der Waals surface area contributed by atoms with Crippen LogP contribution >= 0.6 is 12.2 Å². The van der Waals surface area contributed by atoms with E-state index in [0.717, 1.165) is 43.1 Å². The Balaban J connectivity index is 1.63. The Labute approximate surface area is 148 Å². The fourth-order valence-electron chi connectivity index (χ4n) is 3.25. The SMILES string of the molecule is C=CCn1c(C2CC2)nn(CN2CCC(C(=O)OCC)CC2)c1=S. The van der Waals surface area contributed by atoms with E-state index in [1.54, 1.807) is 0 Å². The maximum absolute atomic E-state index is 11.8. The number of carbonyl (C=O) groups is 1. The molecule has 0 bridgehead atoms. The number of nitrogens with zero attached hydrogens (tertiary/aromatic N) is 4. The van der Waals surface area contributed by atoms with Crippen LogP contribution in [0.4, 0.5) is 0 Å². The average molecular weight is 350 g/mol. The molecule has 2 heterocycles. The summed E-state index contributed by atoms with van der Waals surface area (Å²) in [5.41, 5.74) is 0. The molecule has 7 heteroatoms. The quantitative estimate of drug-likeness (QED) is 0.430. The maximum Gasteiger partial charge on any atom is 0.309 e. The van der Waals surface area contributed by atoms with Gasteiger partial charge in [-0.25, -0.2) is 4.68 Å². The van der Waals surface area contributed by atoms with E-state index in [4.69, 9.17) is 22.1 Å². The molecule has 1 aromatic rings. The molecule has 132 valence electrons. The van der Waals surface area contributed by atoms with Crippen molar-refractivity contribution >= 4 is 18.2 Å². The van der Waals surface area contributed by atoms with Crippen LogP contribution in [0.5, 0.6) is 0 Å². The van der Waals surface area contributed by atoms with E-state index < -0.39 is 0 Å². The van der Waals surface area contributed by atoms with E-state index >= 15 is 0 Å². The third-order valence-electron chi connectivity index (χ3n) is 4.75. The van der Waals surface area contributed by atoms with Gasteiger partial charge in [0.1, 0.15) is 5.82 Å².